The van der Waals surface area contributed by atoms with Crippen LogP contribution < -0.4 is 15.4 Å². The molecule has 2 rings (SSSR count). The summed E-state index contributed by atoms with van der Waals surface area (Å²) in [7, 11) is -3.74. The lowest BCUT2D eigenvalue weighted by atomic mass is 10.1. The van der Waals surface area contributed by atoms with Gasteiger partial charge in [0.15, 0.2) is 6.54 Å². The van der Waals surface area contributed by atoms with Gasteiger partial charge < -0.3 is 10.2 Å². The molecule has 0 aliphatic carbocycles. The van der Waals surface area contributed by atoms with Gasteiger partial charge in [-0.2, -0.15) is 0 Å². The molecule has 20 heavy (non-hydrogen) atoms. The van der Waals surface area contributed by atoms with E-state index in [2.05, 4.69) is 5.32 Å². The van der Waals surface area contributed by atoms with E-state index in [1.165, 1.54) is 23.5 Å². The van der Waals surface area contributed by atoms with Crippen LogP contribution in [0.2, 0.25) is 0 Å². The van der Waals surface area contributed by atoms with E-state index in [4.69, 9.17) is 5.14 Å². The molecule has 6 nitrogen and oxygen atoms in total. The van der Waals surface area contributed by atoms with Crippen molar-refractivity contribution in [3.8, 4) is 0 Å². The average Bonchev–Trinajstić information content (AvgIpc) is 2.39. The number of benzene rings is 1. The Morgan fingerprint density at radius 3 is 2.60 bits per heavy atom. The lowest BCUT2D eigenvalue weighted by Gasteiger charge is -2.22. The average molecular weight is 298 g/mol. The molecule has 0 aromatic heterocycles. The number of hydrogen-bond donors (Lipinski definition) is 3. The fraction of sp³-hybridized carbons (Fsp3) is 0.462. The fourth-order valence-electron chi connectivity index (χ4n) is 2.41. The smallest absolute Gasteiger partial charge is 0.279 e. The lowest BCUT2D eigenvalue weighted by Crippen LogP contribution is -3.13. The van der Waals surface area contributed by atoms with Crippen LogP contribution in [0.5, 0.6) is 0 Å². The van der Waals surface area contributed by atoms with Crippen LogP contribution in [-0.4, -0.2) is 34.0 Å². The largest absolute Gasteiger partial charge is 0.327 e. The van der Waals surface area contributed by atoms with Crippen LogP contribution in [0, 0.1) is 0 Å². The Kier molecular flexibility index (Phi) is 4.74. The third kappa shape index (κ3) is 4.29. The van der Waals surface area contributed by atoms with Gasteiger partial charge in [-0.15, -0.1) is 0 Å². The molecular weight excluding hydrogens is 278 g/mol. The minimum atomic E-state index is -3.74. The van der Waals surface area contributed by atoms with E-state index >= 15 is 0 Å². The van der Waals surface area contributed by atoms with Gasteiger partial charge in [0.25, 0.3) is 5.91 Å². The quantitative estimate of drug-likeness (QED) is 0.689. The number of primary sulfonamides is 1. The van der Waals surface area contributed by atoms with Crippen LogP contribution in [0.15, 0.2) is 29.2 Å². The molecule has 0 spiro atoms. The number of carbonyl (C=O) groups is 1. The summed E-state index contributed by atoms with van der Waals surface area (Å²) in [6.07, 6.45) is 3.55. The summed E-state index contributed by atoms with van der Waals surface area (Å²) in [5.41, 5.74) is 0.456. The van der Waals surface area contributed by atoms with Gasteiger partial charge in [-0.05, 0) is 37.5 Å². The van der Waals surface area contributed by atoms with Crippen molar-refractivity contribution in [3.05, 3.63) is 24.3 Å². The Morgan fingerprint density at radius 1 is 1.25 bits per heavy atom. The van der Waals surface area contributed by atoms with Crippen LogP contribution in [0.4, 0.5) is 5.69 Å². The van der Waals surface area contributed by atoms with Crippen molar-refractivity contribution in [2.45, 2.75) is 24.2 Å². The summed E-state index contributed by atoms with van der Waals surface area (Å²) in [5, 5.41) is 7.78. The molecule has 1 aromatic rings. The Balaban J connectivity index is 1.97. The molecule has 0 radical (unpaired) electrons. The van der Waals surface area contributed by atoms with Crippen LogP contribution >= 0.6 is 0 Å². The Hall–Kier alpha value is -1.44. The molecule has 0 saturated carbocycles. The van der Waals surface area contributed by atoms with Crippen LogP contribution in [0.25, 0.3) is 0 Å². The molecule has 7 heteroatoms. The number of sulfonamides is 1. The molecule has 0 unspecified atom stereocenters. The predicted octanol–water partition coefficient (Wildman–Crippen LogP) is -0.659. The van der Waals surface area contributed by atoms with Gasteiger partial charge in [-0.1, -0.05) is 6.07 Å². The number of nitrogens with one attached hydrogen (secondary N) is 2. The second kappa shape index (κ2) is 6.34. The summed E-state index contributed by atoms with van der Waals surface area (Å²) in [6, 6.07) is 5.99. The number of likely N-dealkylation sites (tertiary alicyclic amines) is 1. The number of amides is 1. The first kappa shape index (κ1) is 15.0. The summed E-state index contributed by atoms with van der Waals surface area (Å²) >= 11 is 0. The molecule has 1 heterocycles. The lowest BCUT2D eigenvalue weighted by molar-refractivity contribution is -0.896. The SMILES string of the molecule is NS(=O)(=O)c1cccc(NC(=O)C[NH+]2CCCCC2)c1. The first-order valence-electron chi connectivity index (χ1n) is 6.71. The molecular formula is C13H20N3O3S+. The number of piperidine rings is 1. The molecule has 1 aliphatic rings. The number of nitrogens with two attached hydrogens (primary N) is 1. The highest BCUT2D eigenvalue weighted by molar-refractivity contribution is 7.89. The molecule has 1 fully saturated rings. The number of anilines is 1. The van der Waals surface area contributed by atoms with Crippen molar-refractivity contribution in [1.29, 1.82) is 0 Å². The Labute approximate surface area is 119 Å². The minimum Gasteiger partial charge on any atom is -0.327 e. The van der Waals surface area contributed by atoms with E-state index in [1.54, 1.807) is 12.1 Å². The fourth-order valence-corrected chi connectivity index (χ4v) is 2.97. The van der Waals surface area contributed by atoms with E-state index in [9.17, 15) is 13.2 Å². The maximum atomic E-state index is 11.9. The summed E-state index contributed by atoms with van der Waals surface area (Å²) in [4.78, 5) is 13.2. The van der Waals surface area contributed by atoms with Crippen molar-refractivity contribution in [3.63, 3.8) is 0 Å². The highest BCUT2D eigenvalue weighted by atomic mass is 32.2. The number of hydrogen-bond acceptors (Lipinski definition) is 3. The van der Waals surface area contributed by atoms with E-state index in [0.717, 1.165) is 25.9 Å². The van der Waals surface area contributed by atoms with E-state index in [0.29, 0.717) is 12.2 Å². The summed E-state index contributed by atoms with van der Waals surface area (Å²) in [5.74, 6) is -0.103. The molecule has 110 valence electrons. The van der Waals surface area contributed by atoms with Crippen LogP contribution in [0.3, 0.4) is 0 Å². The van der Waals surface area contributed by atoms with Gasteiger partial charge in [-0.25, -0.2) is 13.6 Å². The highest BCUT2D eigenvalue weighted by Gasteiger charge is 2.17. The van der Waals surface area contributed by atoms with Crippen LogP contribution in [0.1, 0.15) is 19.3 Å². The van der Waals surface area contributed by atoms with Crippen molar-refractivity contribution < 1.29 is 18.1 Å². The molecule has 0 atom stereocenters. The molecule has 0 bridgehead atoms. The van der Waals surface area contributed by atoms with E-state index in [1.807, 2.05) is 0 Å². The maximum Gasteiger partial charge on any atom is 0.279 e. The Bertz CT molecular complexity index is 580. The van der Waals surface area contributed by atoms with Crippen LogP contribution in [-0.2, 0) is 14.8 Å². The summed E-state index contributed by atoms with van der Waals surface area (Å²) < 4.78 is 22.5. The predicted molar refractivity (Wildman–Crippen MR) is 75.9 cm³/mol. The molecule has 4 N–H and O–H groups in total. The van der Waals surface area contributed by atoms with Crippen molar-refractivity contribution >= 4 is 21.6 Å². The van der Waals surface area contributed by atoms with Crippen molar-refractivity contribution in [1.82, 2.24) is 0 Å². The molecule has 1 aromatic carbocycles. The zero-order valence-corrected chi connectivity index (χ0v) is 12.1. The monoisotopic (exact) mass is 298 g/mol. The summed E-state index contributed by atoms with van der Waals surface area (Å²) in [6.45, 7) is 2.45. The number of rotatable bonds is 4. The zero-order chi connectivity index (χ0) is 14.6. The van der Waals surface area contributed by atoms with Gasteiger partial charge >= 0.3 is 0 Å². The molecule has 1 aliphatic heterocycles. The third-order valence-corrected chi connectivity index (χ3v) is 4.33. The number of carbonyl (C=O) groups excluding carboxylic acids is 1. The van der Waals surface area contributed by atoms with Crippen molar-refractivity contribution in [2.75, 3.05) is 25.0 Å². The van der Waals surface area contributed by atoms with Gasteiger partial charge in [0.05, 0.1) is 18.0 Å². The molecule has 1 saturated heterocycles. The minimum absolute atomic E-state index is 0.000574. The van der Waals surface area contributed by atoms with Gasteiger partial charge in [0, 0.05) is 5.69 Å². The maximum absolute atomic E-state index is 11.9. The second-order valence-electron chi connectivity index (χ2n) is 5.11. The zero-order valence-electron chi connectivity index (χ0n) is 11.3. The Morgan fingerprint density at radius 2 is 1.95 bits per heavy atom. The van der Waals surface area contributed by atoms with E-state index < -0.39 is 10.0 Å². The second-order valence-corrected chi connectivity index (χ2v) is 6.67. The third-order valence-electron chi connectivity index (χ3n) is 3.42. The number of quaternary nitrogens is 1. The first-order valence-corrected chi connectivity index (χ1v) is 8.26. The van der Waals surface area contributed by atoms with Crippen molar-refractivity contribution in [2.24, 2.45) is 5.14 Å². The van der Waals surface area contributed by atoms with E-state index in [-0.39, 0.29) is 10.8 Å². The standard InChI is InChI=1S/C13H19N3O3S/c14-20(18,19)12-6-4-5-11(9-12)15-13(17)10-16-7-2-1-3-8-16/h4-6,9H,1-3,7-8,10H2,(H,15,17)(H2,14,18,19)/p+1. The molecule has 1 amide bonds. The van der Waals surface area contributed by atoms with Gasteiger partial charge in [0.1, 0.15) is 0 Å². The van der Waals surface area contributed by atoms with Gasteiger partial charge in [-0.3, -0.25) is 4.79 Å². The van der Waals surface area contributed by atoms with Gasteiger partial charge in [0.2, 0.25) is 10.0 Å². The topological polar surface area (TPSA) is 93.7 Å². The normalized spacial score (nSPS) is 16.9. The highest BCUT2D eigenvalue weighted by Crippen LogP contribution is 2.13. The first-order chi connectivity index (χ1) is 9.45.